The summed E-state index contributed by atoms with van der Waals surface area (Å²) < 4.78 is 5.74. The lowest BCUT2D eigenvalue weighted by Crippen LogP contribution is -2.28. The number of aromatic nitrogens is 2. The summed E-state index contributed by atoms with van der Waals surface area (Å²) in [7, 11) is 0. The number of carbonyl (C=O) groups is 1. The lowest BCUT2D eigenvalue weighted by Gasteiger charge is -2.07. The zero-order valence-corrected chi connectivity index (χ0v) is 14.3. The number of hydrogen-bond donors (Lipinski definition) is 1. The second-order valence-corrected chi connectivity index (χ2v) is 5.66. The molecule has 0 saturated carbocycles. The lowest BCUT2D eigenvalue weighted by atomic mass is 10.2. The maximum absolute atomic E-state index is 11.0. The van der Waals surface area contributed by atoms with Crippen molar-refractivity contribution in [2.45, 2.75) is 39.7 Å². The molecule has 0 bridgehead atoms. The summed E-state index contributed by atoms with van der Waals surface area (Å²) in [6.45, 7) is 5.55. The summed E-state index contributed by atoms with van der Waals surface area (Å²) >= 11 is 0. The molecule has 0 unspecified atom stereocenters. The highest BCUT2D eigenvalue weighted by Gasteiger charge is 2.02. The Labute approximate surface area is 142 Å². The summed E-state index contributed by atoms with van der Waals surface area (Å²) in [5.74, 6) is 1.17. The van der Waals surface area contributed by atoms with Crippen molar-refractivity contribution >= 4 is 12.0 Å². The van der Waals surface area contributed by atoms with E-state index in [0.717, 1.165) is 24.0 Å². The summed E-state index contributed by atoms with van der Waals surface area (Å²) in [5.41, 5.74) is 2.10. The zero-order chi connectivity index (χ0) is 17.4. The van der Waals surface area contributed by atoms with E-state index in [1.165, 1.54) is 6.92 Å². The van der Waals surface area contributed by atoms with Gasteiger partial charge in [0.05, 0.1) is 6.20 Å². The third-order valence-electron chi connectivity index (χ3n) is 3.30. The largest absolute Gasteiger partial charge is 0.437 e. The average Bonchev–Trinajstić information content (AvgIpc) is 2.54. The molecule has 5 nitrogen and oxygen atoms in total. The van der Waals surface area contributed by atoms with E-state index in [0.29, 0.717) is 11.6 Å². The van der Waals surface area contributed by atoms with E-state index in [-0.39, 0.29) is 11.9 Å². The first-order chi connectivity index (χ1) is 11.6. The molecule has 0 aliphatic heterocycles. The molecular formula is C19H23N3O2. The molecule has 2 aromatic heterocycles. The van der Waals surface area contributed by atoms with Crippen LogP contribution in [-0.2, 0) is 11.2 Å². The van der Waals surface area contributed by atoms with Crippen molar-refractivity contribution < 1.29 is 9.53 Å². The van der Waals surface area contributed by atoms with Gasteiger partial charge in [-0.25, -0.2) is 4.98 Å². The topological polar surface area (TPSA) is 64.1 Å². The molecule has 0 saturated heterocycles. The van der Waals surface area contributed by atoms with Gasteiger partial charge in [-0.15, -0.1) is 0 Å². The Bertz CT molecular complexity index is 696. The highest BCUT2D eigenvalue weighted by Crippen LogP contribution is 2.20. The predicted molar refractivity (Wildman–Crippen MR) is 94.9 cm³/mol. The van der Waals surface area contributed by atoms with Crippen LogP contribution in [0.2, 0.25) is 0 Å². The van der Waals surface area contributed by atoms with Crippen LogP contribution >= 0.6 is 0 Å². The molecule has 2 heterocycles. The van der Waals surface area contributed by atoms with Gasteiger partial charge in [0, 0.05) is 31.4 Å². The monoisotopic (exact) mass is 325 g/mol. The van der Waals surface area contributed by atoms with Gasteiger partial charge >= 0.3 is 0 Å². The molecule has 0 aliphatic rings. The first-order valence-corrected chi connectivity index (χ1v) is 8.10. The Morgan fingerprint density at radius 2 is 2.17 bits per heavy atom. The summed E-state index contributed by atoms with van der Waals surface area (Å²) in [6.07, 6.45) is 11.2. The second-order valence-electron chi connectivity index (χ2n) is 5.66. The van der Waals surface area contributed by atoms with Crippen LogP contribution in [0.1, 0.15) is 38.3 Å². The molecule has 1 atom stereocenters. The van der Waals surface area contributed by atoms with Crippen molar-refractivity contribution in [2.75, 3.05) is 0 Å². The van der Waals surface area contributed by atoms with Gasteiger partial charge in [-0.2, -0.15) is 0 Å². The maximum Gasteiger partial charge on any atom is 0.219 e. The van der Waals surface area contributed by atoms with Crippen LogP contribution in [-0.4, -0.2) is 21.9 Å². The standard InChI is InChI=1S/C19H23N3O2/c1-4-5-17-10-18(13-20-11-17)24-19-9-8-16(12-21-19)7-6-14(2)22-15(3)23/h6-14H,4-5H2,1-3H3,(H,22,23)/b7-6+/t14-/m0/s1. The molecule has 1 N–H and O–H groups in total. The van der Waals surface area contributed by atoms with Gasteiger partial charge < -0.3 is 10.1 Å². The van der Waals surface area contributed by atoms with E-state index in [4.69, 9.17) is 4.74 Å². The third kappa shape index (κ3) is 5.83. The fraction of sp³-hybridized carbons (Fsp3) is 0.316. The van der Waals surface area contributed by atoms with Crippen LogP contribution in [0.25, 0.3) is 6.08 Å². The van der Waals surface area contributed by atoms with E-state index in [2.05, 4.69) is 22.2 Å². The van der Waals surface area contributed by atoms with Crippen LogP contribution in [0.5, 0.6) is 11.6 Å². The van der Waals surface area contributed by atoms with Crippen molar-refractivity contribution in [2.24, 2.45) is 0 Å². The first kappa shape index (κ1) is 17.7. The Morgan fingerprint density at radius 1 is 1.33 bits per heavy atom. The fourth-order valence-electron chi connectivity index (χ4n) is 2.24. The van der Waals surface area contributed by atoms with Gasteiger partial charge in [0.1, 0.15) is 5.75 Å². The van der Waals surface area contributed by atoms with Crippen molar-refractivity contribution in [3.8, 4) is 11.6 Å². The summed E-state index contributed by atoms with van der Waals surface area (Å²) in [4.78, 5) is 19.5. The van der Waals surface area contributed by atoms with Crippen LogP contribution in [0.3, 0.4) is 0 Å². The number of hydrogen-bond acceptors (Lipinski definition) is 4. The second kappa shape index (κ2) is 8.82. The summed E-state index contributed by atoms with van der Waals surface area (Å²) in [5, 5.41) is 2.79. The Balaban J connectivity index is 1.98. The van der Waals surface area contributed by atoms with Gasteiger partial charge in [0.15, 0.2) is 0 Å². The lowest BCUT2D eigenvalue weighted by molar-refractivity contribution is -0.119. The van der Waals surface area contributed by atoms with Crippen LogP contribution in [0.15, 0.2) is 42.9 Å². The SMILES string of the molecule is CCCc1cncc(Oc2ccc(/C=C/[C@H](C)NC(C)=O)cn2)c1. The van der Waals surface area contributed by atoms with Gasteiger partial charge in [-0.05, 0) is 36.6 Å². The number of rotatable bonds is 7. The molecule has 1 amide bonds. The van der Waals surface area contributed by atoms with E-state index >= 15 is 0 Å². The van der Waals surface area contributed by atoms with Crippen LogP contribution in [0, 0.1) is 0 Å². The minimum absolute atomic E-state index is 0.0224. The van der Waals surface area contributed by atoms with E-state index < -0.39 is 0 Å². The van der Waals surface area contributed by atoms with Crippen LogP contribution in [0.4, 0.5) is 0 Å². The maximum atomic E-state index is 11.0. The number of carbonyl (C=O) groups excluding carboxylic acids is 1. The molecule has 24 heavy (non-hydrogen) atoms. The zero-order valence-electron chi connectivity index (χ0n) is 14.3. The molecular weight excluding hydrogens is 302 g/mol. The third-order valence-corrected chi connectivity index (χ3v) is 3.30. The molecule has 126 valence electrons. The first-order valence-electron chi connectivity index (χ1n) is 8.10. The van der Waals surface area contributed by atoms with Crippen molar-refractivity contribution in [1.82, 2.24) is 15.3 Å². The smallest absolute Gasteiger partial charge is 0.219 e. The quantitative estimate of drug-likeness (QED) is 0.842. The molecule has 0 aliphatic carbocycles. The van der Waals surface area contributed by atoms with Gasteiger partial charge in [-0.1, -0.05) is 25.5 Å². The van der Waals surface area contributed by atoms with E-state index in [1.54, 1.807) is 12.4 Å². The molecule has 0 radical (unpaired) electrons. The van der Waals surface area contributed by atoms with Gasteiger partial charge in [0.25, 0.3) is 0 Å². The molecule has 0 spiro atoms. The molecule has 0 aromatic carbocycles. The van der Waals surface area contributed by atoms with Gasteiger partial charge in [-0.3, -0.25) is 9.78 Å². The number of aryl methyl sites for hydroxylation is 1. The Kier molecular flexibility index (Phi) is 6.49. The highest BCUT2D eigenvalue weighted by atomic mass is 16.5. The van der Waals surface area contributed by atoms with Crippen molar-refractivity contribution in [1.29, 1.82) is 0 Å². The van der Waals surface area contributed by atoms with Crippen LogP contribution < -0.4 is 10.1 Å². The highest BCUT2D eigenvalue weighted by molar-refractivity contribution is 5.73. The number of nitrogens with zero attached hydrogens (tertiary/aromatic N) is 2. The number of amides is 1. The summed E-state index contributed by atoms with van der Waals surface area (Å²) in [6, 6.07) is 5.70. The normalized spacial score (nSPS) is 12.1. The minimum Gasteiger partial charge on any atom is -0.437 e. The Hall–Kier alpha value is -2.69. The molecule has 0 fully saturated rings. The Morgan fingerprint density at radius 3 is 2.83 bits per heavy atom. The number of pyridine rings is 2. The number of nitrogens with one attached hydrogen (secondary N) is 1. The average molecular weight is 325 g/mol. The van der Waals surface area contributed by atoms with E-state index in [1.807, 2.05) is 43.5 Å². The predicted octanol–water partition coefficient (Wildman–Crippen LogP) is 3.76. The minimum atomic E-state index is -0.0482. The van der Waals surface area contributed by atoms with Crippen molar-refractivity contribution in [3.63, 3.8) is 0 Å². The molecule has 2 aromatic rings. The fourth-order valence-corrected chi connectivity index (χ4v) is 2.24. The van der Waals surface area contributed by atoms with E-state index in [9.17, 15) is 4.79 Å². The van der Waals surface area contributed by atoms with Crippen molar-refractivity contribution in [3.05, 3.63) is 54.0 Å². The number of ether oxygens (including phenoxy) is 1. The molecule has 2 rings (SSSR count). The molecule has 5 heteroatoms. The van der Waals surface area contributed by atoms with Gasteiger partial charge in [0.2, 0.25) is 11.8 Å².